The summed E-state index contributed by atoms with van der Waals surface area (Å²) in [6.45, 7) is 2.49. The van der Waals surface area contributed by atoms with Crippen LogP contribution in [-0.4, -0.2) is 57.6 Å². The lowest BCUT2D eigenvalue weighted by molar-refractivity contribution is -0.141. The lowest BCUT2D eigenvalue weighted by Crippen LogP contribution is -2.50. The highest BCUT2D eigenvalue weighted by Crippen LogP contribution is 2.24. The molecule has 2 amide bonds. The summed E-state index contributed by atoms with van der Waals surface area (Å²) in [6, 6.07) is 22.7. The van der Waals surface area contributed by atoms with Crippen LogP contribution in [0.4, 0.5) is 5.69 Å². The largest absolute Gasteiger partial charge is 0.497 e. The van der Waals surface area contributed by atoms with Crippen LogP contribution in [-0.2, 0) is 32.6 Å². The number of rotatable bonds is 14. The Morgan fingerprint density at radius 1 is 0.975 bits per heavy atom. The minimum absolute atomic E-state index is 0.0390. The highest BCUT2D eigenvalue weighted by atomic mass is 35.5. The van der Waals surface area contributed by atoms with Gasteiger partial charge in [0.05, 0.1) is 19.1 Å². The van der Waals surface area contributed by atoms with E-state index in [1.54, 1.807) is 35.2 Å². The summed E-state index contributed by atoms with van der Waals surface area (Å²) in [6.07, 6.45) is 1.75. The lowest BCUT2D eigenvalue weighted by atomic mass is 10.0. The summed E-state index contributed by atoms with van der Waals surface area (Å²) in [4.78, 5) is 28.6. The number of hydrogen-bond acceptors (Lipinski definition) is 5. The number of hydrogen-bond donors (Lipinski definition) is 1. The predicted octanol–water partition coefficient (Wildman–Crippen LogP) is 4.67. The molecule has 0 bridgehead atoms. The number of benzene rings is 3. The first-order valence-electron chi connectivity index (χ1n) is 13.1. The molecule has 0 aromatic heterocycles. The maximum absolute atomic E-state index is 13.8. The first-order valence-corrected chi connectivity index (χ1v) is 15.3. The van der Waals surface area contributed by atoms with Crippen LogP contribution >= 0.6 is 11.6 Å². The second-order valence-corrected chi connectivity index (χ2v) is 11.7. The molecule has 0 aliphatic carbocycles. The third-order valence-electron chi connectivity index (χ3n) is 6.43. The predicted molar refractivity (Wildman–Crippen MR) is 159 cm³/mol. The van der Waals surface area contributed by atoms with E-state index in [0.717, 1.165) is 17.4 Å². The summed E-state index contributed by atoms with van der Waals surface area (Å²) < 4.78 is 31.6. The smallest absolute Gasteiger partial charge is 0.243 e. The minimum atomic E-state index is -3.60. The zero-order valence-corrected chi connectivity index (χ0v) is 24.6. The van der Waals surface area contributed by atoms with Crippen molar-refractivity contribution >= 4 is 39.1 Å². The van der Waals surface area contributed by atoms with Crippen LogP contribution in [0.5, 0.6) is 5.75 Å². The number of amides is 2. The Hall–Kier alpha value is -3.56. The number of methoxy groups -OCH3 is 1. The summed E-state index contributed by atoms with van der Waals surface area (Å²) >= 11 is 6.44. The average molecular weight is 586 g/mol. The molecule has 0 fully saturated rings. The van der Waals surface area contributed by atoms with E-state index in [4.69, 9.17) is 16.3 Å². The van der Waals surface area contributed by atoms with Crippen LogP contribution in [0.1, 0.15) is 30.9 Å². The number of ether oxygens (including phenoxy) is 1. The van der Waals surface area contributed by atoms with Gasteiger partial charge in [-0.25, -0.2) is 8.42 Å². The van der Waals surface area contributed by atoms with Crippen molar-refractivity contribution in [1.29, 1.82) is 0 Å². The summed E-state index contributed by atoms with van der Waals surface area (Å²) in [7, 11) is -2.06. The van der Waals surface area contributed by atoms with E-state index in [1.165, 1.54) is 11.4 Å². The second kappa shape index (κ2) is 14.7. The van der Waals surface area contributed by atoms with Gasteiger partial charge in [-0.15, -0.1) is 0 Å². The number of likely N-dealkylation sites (N-methyl/N-ethyl adjacent to an activating group) is 1. The zero-order chi connectivity index (χ0) is 29.1. The Balaban J connectivity index is 1.86. The van der Waals surface area contributed by atoms with E-state index in [1.807, 2.05) is 55.5 Å². The van der Waals surface area contributed by atoms with Gasteiger partial charge in [0.2, 0.25) is 21.8 Å². The topological polar surface area (TPSA) is 96.0 Å². The standard InChI is InChI=1S/C30H36ClN3O5S/c1-4-32-30(36)28(21-23-11-6-5-7-12-23)33(22-24-13-8-9-14-27(24)31)29(35)15-10-20-34(40(3,37)38)25-16-18-26(39-2)19-17-25/h5-9,11-14,16-19,28H,4,10,15,20-22H2,1-3H3,(H,32,36). The van der Waals surface area contributed by atoms with E-state index < -0.39 is 16.1 Å². The molecule has 1 atom stereocenters. The Labute approximate surface area is 241 Å². The molecule has 40 heavy (non-hydrogen) atoms. The van der Waals surface area contributed by atoms with Crippen molar-refractivity contribution in [3.63, 3.8) is 0 Å². The Morgan fingerprint density at radius 2 is 1.62 bits per heavy atom. The zero-order valence-electron chi connectivity index (χ0n) is 23.0. The SMILES string of the molecule is CCNC(=O)C(Cc1ccccc1)N(Cc1ccccc1Cl)C(=O)CCCN(c1ccc(OC)cc1)S(C)(=O)=O. The maximum atomic E-state index is 13.8. The highest BCUT2D eigenvalue weighted by Gasteiger charge is 2.30. The van der Waals surface area contributed by atoms with Crippen LogP contribution in [0.2, 0.25) is 5.02 Å². The van der Waals surface area contributed by atoms with Crippen molar-refractivity contribution in [2.24, 2.45) is 0 Å². The first-order chi connectivity index (χ1) is 19.1. The van der Waals surface area contributed by atoms with Crippen molar-refractivity contribution in [3.8, 4) is 5.75 Å². The normalized spacial score (nSPS) is 11.9. The molecule has 0 radical (unpaired) electrons. The number of carbonyl (C=O) groups is 2. The summed E-state index contributed by atoms with van der Waals surface area (Å²) in [5, 5.41) is 3.36. The molecule has 0 heterocycles. The summed E-state index contributed by atoms with van der Waals surface area (Å²) in [5.41, 5.74) is 2.11. The van der Waals surface area contributed by atoms with Crippen LogP contribution in [0.15, 0.2) is 78.9 Å². The number of nitrogens with zero attached hydrogens (tertiary/aromatic N) is 2. The number of halogens is 1. The number of carbonyl (C=O) groups excluding carboxylic acids is 2. The molecule has 214 valence electrons. The van der Waals surface area contributed by atoms with E-state index in [2.05, 4.69) is 5.32 Å². The van der Waals surface area contributed by atoms with Gasteiger partial charge in [0.1, 0.15) is 11.8 Å². The number of anilines is 1. The second-order valence-electron chi connectivity index (χ2n) is 9.35. The molecule has 3 aromatic carbocycles. The van der Waals surface area contributed by atoms with E-state index >= 15 is 0 Å². The Morgan fingerprint density at radius 3 is 2.23 bits per heavy atom. The van der Waals surface area contributed by atoms with Crippen LogP contribution in [0.3, 0.4) is 0 Å². The van der Waals surface area contributed by atoms with Gasteiger partial charge < -0.3 is 15.0 Å². The Bertz CT molecular complexity index is 1370. The highest BCUT2D eigenvalue weighted by molar-refractivity contribution is 7.92. The fraction of sp³-hybridized carbons (Fsp3) is 0.333. The molecule has 0 saturated carbocycles. The molecule has 0 spiro atoms. The van der Waals surface area contributed by atoms with E-state index in [9.17, 15) is 18.0 Å². The van der Waals surface area contributed by atoms with Crippen molar-refractivity contribution < 1.29 is 22.7 Å². The molecule has 3 rings (SSSR count). The van der Waals surface area contributed by atoms with Gasteiger partial charge in [0.25, 0.3) is 0 Å². The molecule has 10 heteroatoms. The molecular weight excluding hydrogens is 550 g/mol. The van der Waals surface area contributed by atoms with E-state index in [-0.39, 0.29) is 37.7 Å². The fourth-order valence-electron chi connectivity index (χ4n) is 4.41. The molecule has 1 N–H and O–H groups in total. The third-order valence-corrected chi connectivity index (χ3v) is 8.00. The maximum Gasteiger partial charge on any atom is 0.243 e. The molecule has 8 nitrogen and oxygen atoms in total. The summed E-state index contributed by atoms with van der Waals surface area (Å²) in [5.74, 6) is 0.0791. The monoisotopic (exact) mass is 585 g/mol. The van der Waals surface area contributed by atoms with Crippen molar-refractivity contribution in [3.05, 3.63) is 95.0 Å². The Kier molecular flexibility index (Phi) is 11.4. The molecule has 3 aromatic rings. The molecule has 0 saturated heterocycles. The van der Waals surface area contributed by atoms with Gasteiger partial charge in [0.15, 0.2) is 0 Å². The molecule has 0 aliphatic rings. The number of sulfonamides is 1. The van der Waals surface area contributed by atoms with Gasteiger partial charge in [-0.3, -0.25) is 13.9 Å². The lowest BCUT2D eigenvalue weighted by Gasteiger charge is -2.32. The van der Waals surface area contributed by atoms with Crippen LogP contribution in [0.25, 0.3) is 0 Å². The number of nitrogens with one attached hydrogen (secondary N) is 1. The molecule has 0 aliphatic heterocycles. The van der Waals surface area contributed by atoms with Gasteiger partial charge in [-0.1, -0.05) is 60.1 Å². The minimum Gasteiger partial charge on any atom is -0.497 e. The van der Waals surface area contributed by atoms with Gasteiger partial charge in [-0.2, -0.15) is 0 Å². The quantitative estimate of drug-likeness (QED) is 0.297. The van der Waals surface area contributed by atoms with Gasteiger partial charge >= 0.3 is 0 Å². The van der Waals surface area contributed by atoms with Crippen LogP contribution < -0.4 is 14.4 Å². The third kappa shape index (κ3) is 8.72. The van der Waals surface area contributed by atoms with E-state index in [0.29, 0.717) is 29.4 Å². The first kappa shape index (κ1) is 31.0. The molecule has 1 unspecified atom stereocenters. The van der Waals surface area contributed by atoms with Crippen molar-refractivity contribution in [1.82, 2.24) is 10.2 Å². The van der Waals surface area contributed by atoms with Gasteiger partial charge in [-0.05, 0) is 54.8 Å². The molecular formula is C30H36ClN3O5S. The van der Waals surface area contributed by atoms with Crippen molar-refractivity contribution in [2.75, 3.05) is 30.8 Å². The fourth-order valence-corrected chi connectivity index (χ4v) is 5.57. The average Bonchev–Trinajstić information content (AvgIpc) is 2.94. The van der Waals surface area contributed by atoms with Crippen molar-refractivity contribution in [2.45, 2.75) is 38.8 Å². The van der Waals surface area contributed by atoms with Gasteiger partial charge in [0, 0.05) is 37.5 Å². The van der Waals surface area contributed by atoms with Crippen LogP contribution in [0, 0.1) is 0 Å².